The Morgan fingerprint density at radius 3 is 2.15 bits per heavy atom. The van der Waals surface area contributed by atoms with E-state index in [0.29, 0.717) is 18.0 Å². The molecule has 0 aliphatic heterocycles. The number of primary sulfonamides is 1. The van der Waals surface area contributed by atoms with Gasteiger partial charge in [-0.2, -0.15) is 0 Å². The quantitative estimate of drug-likeness (QED) is 0.375. The monoisotopic (exact) mass is 476 g/mol. The average molecular weight is 477 g/mol. The molecule has 0 aromatic heterocycles. The highest BCUT2D eigenvalue weighted by Crippen LogP contribution is 2.39. The predicted molar refractivity (Wildman–Crippen MR) is 137 cm³/mol. The van der Waals surface area contributed by atoms with Crippen molar-refractivity contribution in [1.29, 1.82) is 0 Å². The summed E-state index contributed by atoms with van der Waals surface area (Å²) in [6.45, 7) is 8.19. The SMILES string of the molecule is CCCCN(CCCC)c1cc(CNCCN(C)C)cc(S(N)(=O)=O)c1Oc1ccccc1. The summed E-state index contributed by atoms with van der Waals surface area (Å²) in [5, 5.41) is 9.09. The van der Waals surface area contributed by atoms with Crippen LogP contribution in [0.1, 0.15) is 45.1 Å². The fourth-order valence-electron chi connectivity index (χ4n) is 3.49. The van der Waals surface area contributed by atoms with Crippen LogP contribution in [0.3, 0.4) is 0 Å². The second kappa shape index (κ2) is 13.5. The highest BCUT2D eigenvalue weighted by Gasteiger charge is 2.24. The zero-order valence-electron chi connectivity index (χ0n) is 20.5. The van der Waals surface area contributed by atoms with E-state index < -0.39 is 10.0 Å². The van der Waals surface area contributed by atoms with Crippen LogP contribution in [0.15, 0.2) is 47.4 Å². The van der Waals surface area contributed by atoms with Crippen LogP contribution in [-0.4, -0.2) is 53.6 Å². The van der Waals surface area contributed by atoms with Gasteiger partial charge >= 0.3 is 0 Å². The molecule has 2 rings (SSSR count). The Kier molecular flexibility index (Phi) is 11.1. The normalized spacial score (nSPS) is 11.7. The van der Waals surface area contributed by atoms with Gasteiger partial charge in [0, 0.05) is 32.7 Å². The first-order chi connectivity index (χ1) is 15.8. The van der Waals surface area contributed by atoms with Gasteiger partial charge in [0.15, 0.2) is 5.75 Å². The topological polar surface area (TPSA) is 87.9 Å². The molecule has 0 spiro atoms. The van der Waals surface area contributed by atoms with Crippen LogP contribution in [0.4, 0.5) is 5.69 Å². The Balaban J connectivity index is 2.56. The van der Waals surface area contributed by atoms with E-state index in [1.165, 1.54) is 0 Å². The first kappa shape index (κ1) is 27.1. The van der Waals surface area contributed by atoms with Gasteiger partial charge in [0.2, 0.25) is 10.0 Å². The molecule has 0 saturated heterocycles. The first-order valence-corrected chi connectivity index (χ1v) is 13.3. The minimum Gasteiger partial charge on any atom is -0.454 e. The number of nitrogens with one attached hydrogen (secondary N) is 1. The molecule has 184 valence electrons. The van der Waals surface area contributed by atoms with Gasteiger partial charge in [-0.3, -0.25) is 0 Å². The van der Waals surface area contributed by atoms with Crippen molar-refractivity contribution in [3.63, 3.8) is 0 Å². The Bertz CT molecular complexity index is 942. The summed E-state index contributed by atoms with van der Waals surface area (Å²) in [5.74, 6) is 0.874. The molecule has 0 saturated carbocycles. The van der Waals surface area contributed by atoms with Crippen LogP contribution in [0.2, 0.25) is 0 Å². The van der Waals surface area contributed by atoms with E-state index in [9.17, 15) is 8.42 Å². The van der Waals surface area contributed by atoms with E-state index in [4.69, 9.17) is 9.88 Å². The number of nitrogens with zero attached hydrogens (tertiary/aromatic N) is 2. The fraction of sp³-hybridized carbons (Fsp3) is 0.520. The Hall–Kier alpha value is -2.13. The molecule has 0 unspecified atom stereocenters. The molecular weight excluding hydrogens is 436 g/mol. The average Bonchev–Trinajstić information content (AvgIpc) is 2.77. The van der Waals surface area contributed by atoms with Gasteiger partial charge in [-0.15, -0.1) is 0 Å². The van der Waals surface area contributed by atoms with Gasteiger partial charge in [0.05, 0.1) is 5.69 Å². The van der Waals surface area contributed by atoms with Crippen molar-refractivity contribution in [2.75, 3.05) is 45.2 Å². The molecule has 0 bridgehead atoms. The lowest BCUT2D eigenvalue weighted by atomic mass is 10.1. The van der Waals surface area contributed by atoms with Crippen LogP contribution in [0.5, 0.6) is 11.5 Å². The van der Waals surface area contributed by atoms with E-state index >= 15 is 0 Å². The van der Waals surface area contributed by atoms with Gasteiger partial charge in [0.1, 0.15) is 10.6 Å². The maximum absolute atomic E-state index is 12.7. The predicted octanol–water partition coefficient (Wildman–Crippen LogP) is 4.18. The molecule has 33 heavy (non-hydrogen) atoms. The van der Waals surface area contributed by atoms with E-state index in [-0.39, 0.29) is 4.90 Å². The van der Waals surface area contributed by atoms with Crippen molar-refractivity contribution < 1.29 is 13.2 Å². The van der Waals surface area contributed by atoms with E-state index in [2.05, 4.69) is 29.0 Å². The largest absolute Gasteiger partial charge is 0.454 e. The minimum atomic E-state index is -4.00. The van der Waals surface area contributed by atoms with Crippen LogP contribution in [0.25, 0.3) is 0 Å². The number of benzene rings is 2. The second-order valence-corrected chi connectivity index (χ2v) is 10.1. The standard InChI is InChI=1S/C25H40N4O3S/c1-5-7-15-29(16-8-6-2)23-18-21(20-27-14-17-28(3)4)19-24(33(26,30)31)25(23)32-22-12-10-9-11-13-22/h9-13,18-19,27H,5-8,14-17,20H2,1-4H3,(H2,26,30,31). The lowest BCUT2D eigenvalue weighted by Crippen LogP contribution is -2.28. The summed E-state index contributed by atoms with van der Waals surface area (Å²) in [4.78, 5) is 4.36. The van der Waals surface area contributed by atoms with Crippen LogP contribution >= 0.6 is 0 Å². The molecule has 0 fully saturated rings. The van der Waals surface area contributed by atoms with Gasteiger partial charge in [0.25, 0.3) is 0 Å². The highest BCUT2D eigenvalue weighted by atomic mass is 32.2. The minimum absolute atomic E-state index is 0.0197. The lowest BCUT2D eigenvalue weighted by Gasteiger charge is -2.28. The smallest absolute Gasteiger partial charge is 0.241 e. The molecule has 0 radical (unpaired) electrons. The zero-order valence-corrected chi connectivity index (χ0v) is 21.3. The lowest BCUT2D eigenvalue weighted by molar-refractivity contribution is 0.400. The maximum Gasteiger partial charge on any atom is 0.241 e. The summed E-state index contributed by atoms with van der Waals surface area (Å²) in [7, 11) is 0.0387. The molecule has 8 heteroatoms. The summed E-state index contributed by atoms with van der Waals surface area (Å²) in [6.07, 6.45) is 4.10. The number of para-hydroxylation sites is 1. The molecule has 3 N–H and O–H groups in total. The molecule has 0 amide bonds. The van der Waals surface area contributed by atoms with E-state index in [1.807, 2.05) is 50.5 Å². The molecule has 2 aromatic carbocycles. The third-order valence-corrected chi connectivity index (χ3v) is 6.25. The number of ether oxygens (including phenoxy) is 1. The second-order valence-electron chi connectivity index (χ2n) is 8.58. The summed E-state index contributed by atoms with van der Waals surface area (Å²) >= 11 is 0. The van der Waals surface area contributed by atoms with Gasteiger partial charge in [-0.25, -0.2) is 13.6 Å². The number of anilines is 1. The Morgan fingerprint density at radius 2 is 1.61 bits per heavy atom. The Morgan fingerprint density at radius 1 is 0.970 bits per heavy atom. The van der Waals surface area contributed by atoms with Gasteiger partial charge in [-0.05, 0) is 56.8 Å². The van der Waals surface area contributed by atoms with E-state index in [1.54, 1.807) is 6.07 Å². The van der Waals surface area contributed by atoms with Crippen LogP contribution < -0.4 is 20.1 Å². The number of hydrogen-bond donors (Lipinski definition) is 2. The highest BCUT2D eigenvalue weighted by molar-refractivity contribution is 7.89. The molecule has 0 aliphatic rings. The number of rotatable bonds is 15. The first-order valence-electron chi connectivity index (χ1n) is 11.8. The van der Waals surface area contributed by atoms with Gasteiger partial charge < -0.3 is 19.9 Å². The Labute approximate surface area is 200 Å². The molecule has 0 heterocycles. The molecule has 0 atom stereocenters. The van der Waals surface area contributed by atoms with Crippen molar-refractivity contribution in [2.24, 2.45) is 5.14 Å². The number of sulfonamides is 1. The van der Waals surface area contributed by atoms with Gasteiger partial charge in [-0.1, -0.05) is 44.9 Å². The van der Waals surface area contributed by atoms with Crippen molar-refractivity contribution in [1.82, 2.24) is 10.2 Å². The third kappa shape index (κ3) is 8.97. The fourth-order valence-corrected chi connectivity index (χ4v) is 4.21. The number of unbranched alkanes of at least 4 members (excludes halogenated alkanes) is 2. The molecule has 2 aromatic rings. The van der Waals surface area contributed by atoms with Crippen molar-refractivity contribution in [3.05, 3.63) is 48.0 Å². The molecule has 7 nitrogen and oxygen atoms in total. The third-order valence-electron chi connectivity index (χ3n) is 5.33. The summed E-state index contributed by atoms with van der Waals surface area (Å²) in [5.41, 5.74) is 1.64. The summed E-state index contributed by atoms with van der Waals surface area (Å²) in [6, 6.07) is 12.9. The van der Waals surface area contributed by atoms with Crippen molar-refractivity contribution in [2.45, 2.75) is 51.0 Å². The van der Waals surface area contributed by atoms with Crippen LogP contribution in [-0.2, 0) is 16.6 Å². The number of hydrogen-bond acceptors (Lipinski definition) is 6. The molecular formula is C25H40N4O3S. The maximum atomic E-state index is 12.7. The van der Waals surface area contributed by atoms with Crippen molar-refractivity contribution in [3.8, 4) is 11.5 Å². The summed E-state index contributed by atoms with van der Waals surface area (Å²) < 4.78 is 31.5. The number of nitrogens with two attached hydrogens (primary N) is 1. The van der Waals surface area contributed by atoms with Crippen molar-refractivity contribution >= 4 is 15.7 Å². The van der Waals surface area contributed by atoms with E-state index in [0.717, 1.165) is 63.1 Å². The van der Waals surface area contributed by atoms with Crippen LogP contribution in [0, 0.1) is 0 Å². The molecule has 0 aliphatic carbocycles. The number of likely N-dealkylation sites (N-methyl/N-ethyl adjacent to an activating group) is 1. The zero-order chi connectivity index (χ0) is 24.3.